The van der Waals surface area contributed by atoms with Gasteiger partial charge in [0.15, 0.2) is 11.6 Å². The lowest BCUT2D eigenvalue weighted by Gasteiger charge is -2.28. The van der Waals surface area contributed by atoms with Crippen molar-refractivity contribution < 1.29 is 23.8 Å². The third-order valence-corrected chi connectivity index (χ3v) is 8.19. The summed E-state index contributed by atoms with van der Waals surface area (Å²) < 4.78 is 26.9. The van der Waals surface area contributed by atoms with Crippen LogP contribution in [0.25, 0.3) is 11.1 Å². The highest BCUT2D eigenvalue weighted by Gasteiger charge is 2.22. The molecule has 1 fully saturated rings. The van der Waals surface area contributed by atoms with Gasteiger partial charge in [-0.1, -0.05) is 103 Å². The molecule has 1 aliphatic rings. The van der Waals surface area contributed by atoms with Gasteiger partial charge in [-0.2, -0.15) is 0 Å². The van der Waals surface area contributed by atoms with Gasteiger partial charge >= 0.3 is 5.97 Å². The zero-order valence-corrected chi connectivity index (χ0v) is 24.2. The maximum Gasteiger partial charge on any atom is 0.336 e. The zero-order chi connectivity index (χ0) is 27.9. The second-order valence-electron chi connectivity index (χ2n) is 11.3. The molecule has 0 radical (unpaired) electrons. The topological polar surface area (TPSA) is 55.8 Å². The molecule has 2 aromatic carbocycles. The highest BCUT2D eigenvalue weighted by molar-refractivity contribution is 5.96. The molecule has 216 valence electrons. The van der Waals surface area contributed by atoms with Crippen molar-refractivity contribution in [3.05, 3.63) is 47.8 Å². The molecule has 3 rings (SSSR count). The molecule has 0 unspecified atom stereocenters. The fourth-order valence-corrected chi connectivity index (χ4v) is 5.79. The number of rotatable bonds is 18. The second-order valence-corrected chi connectivity index (χ2v) is 11.3. The lowest BCUT2D eigenvalue weighted by atomic mass is 9.78. The van der Waals surface area contributed by atoms with E-state index in [1.807, 2.05) is 0 Å². The van der Waals surface area contributed by atoms with E-state index in [2.05, 4.69) is 13.8 Å². The van der Waals surface area contributed by atoms with Crippen molar-refractivity contribution >= 4 is 5.97 Å². The van der Waals surface area contributed by atoms with Crippen LogP contribution in [0.3, 0.4) is 0 Å². The number of unbranched alkanes of at least 4 members (excludes halogenated alkanes) is 6. The average Bonchev–Trinajstić information content (AvgIpc) is 2.95. The number of hydrogen-bond donors (Lipinski definition) is 1. The van der Waals surface area contributed by atoms with Crippen molar-refractivity contribution in [3.63, 3.8) is 0 Å². The molecule has 39 heavy (non-hydrogen) atoms. The Bertz CT molecular complexity index is 979. The van der Waals surface area contributed by atoms with E-state index >= 15 is 4.39 Å². The summed E-state index contributed by atoms with van der Waals surface area (Å²) in [5.74, 6) is 0.773. The van der Waals surface area contributed by atoms with Crippen LogP contribution in [0.1, 0.15) is 121 Å². The van der Waals surface area contributed by atoms with Crippen LogP contribution in [-0.4, -0.2) is 24.3 Å². The number of ether oxygens (including phenoxy) is 2. The van der Waals surface area contributed by atoms with Gasteiger partial charge in [-0.15, -0.1) is 0 Å². The molecular formula is C34H49FO4. The van der Waals surface area contributed by atoms with Crippen molar-refractivity contribution in [3.8, 4) is 22.6 Å². The number of carbonyl (C=O) groups is 1. The fourth-order valence-electron chi connectivity index (χ4n) is 5.79. The summed E-state index contributed by atoms with van der Waals surface area (Å²) >= 11 is 0. The summed E-state index contributed by atoms with van der Waals surface area (Å²) in [4.78, 5) is 11.8. The Balaban J connectivity index is 1.44. The van der Waals surface area contributed by atoms with Crippen molar-refractivity contribution in [2.75, 3.05) is 13.2 Å². The smallest absolute Gasteiger partial charge is 0.336 e. The Morgan fingerprint density at radius 1 is 0.769 bits per heavy atom. The summed E-state index contributed by atoms with van der Waals surface area (Å²) in [5, 5.41) is 9.64. The molecular weight excluding hydrogens is 491 g/mol. The number of carboxylic acids is 1. The third-order valence-electron chi connectivity index (χ3n) is 8.19. The second kappa shape index (κ2) is 17.2. The molecule has 0 aromatic heterocycles. The van der Waals surface area contributed by atoms with Crippen LogP contribution in [0, 0.1) is 17.7 Å². The highest BCUT2D eigenvalue weighted by atomic mass is 19.1. The van der Waals surface area contributed by atoms with E-state index in [0.29, 0.717) is 18.8 Å². The van der Waals surface area contributed by atoms with Crippen LogP contribution in [0.5, 0.6) is 11.5 Å². The molecule has 0 spiro atoms. The first kappa shape index (κ1) is 31.0. The third kappa shape index (κ3) is 10.2. The number of hydrogen-bond acceptors (Lipinski definition) is 3. The van der Waals surface area contributed by atoms with Crippen LogP contribution in [0.2, 0.25) is 0 Å². The predicted octanol–water partition coefficient (Wildman–Crippen LogP) is 10.1. The highest BCUT2D eigenvalue weighted by Crippen LogP contribution is 2.35. The van der Waals surface area contributed by atoms with Gasteiger partial charge in [-0.25, -0.2) is 9.18 Å². The van der Waals surface area contributed by atoms with Crippen LogP contribution in [0.15, 0.2) is 36.4 Å². The van der Waals surface area contributed by atoms with E-state index in [1.54, 1.807) is 24.3 Å². The van der Waals surface area contributed by atoms with Crippen molar-refractivity contribution in [1.29, 1.82) is 0 Å². The normalized spacial score (nSPS) is 17.2. The maximum atomic E-state index is 15.3. The molecule has 0 amide bonds. The van der Waals surface area contributed by atoms with E-state index in [0.717, 1.165) is 43.3 Å². The number of benzene rings is 2. The Morgan fingerprint density at radius 3 is 2.00 bits per heavy atom. The van der Waals surface area contributed by atoms with Gasteiger partial charge in [-0.05, 0) is 60.9 Å². The Kier molecular flexibility index (Phi) is 13.7. The van der Waals surface area contributed by atoms with Gasteiger partial charge in [-0.3, -0.25) is 0 Å². The Hall–Kier alpha value is -2.56. The van der Waals surface area contributed by atoms with Gasteiger partial charge in [0, 0.05) is 5.56 Å². The molecule has 1 N–H and O–H groups in total. The summed E-state index contributed by atoms with van der Waals surface area (Å²) in [6.45, 7) is 5.43. The van der Waals surface area contributed by atoms with E-state index in [9.17, 15) is 9.90 Å². The van der Waals surface area contributed by atoms with E-state index < -0.39 is 11.8 Å². The Labute approximate surface area is 235 Å². The average molecular weight is 541 g/mol. The first-order chi connectivity index (χ1) is 19.0. The van der Waals surface area contributed by atoms with Crippen LogP contribution < -0.4 is 9.47 Å². The van der Waals surface area contributed by atoms with Gasteiger partial charge in [0.25, 0.3) is 0 Å². The molecule has 0 saturated heterocycles. The van der Waals surface area contributed by atoms with Gasteiger partial charge in [0.05, 0.1) is 18.8 Å². The van der Waals surface area contributed by atoms with Crippen LogP contribution in [0.4, 0.5) is 4.39 Å². The summed E-state index contributed by atoms with van der Waals surface area (Å²) in [6, 6.07) is 9.87. The lowest BCUT2D eigenvalue weighted by molar-refractivity contribution is 0.0697. The fraction of sp³-hybridized carbons (Fsp3) is 0.618. The standard InChI is InChI=1S/C34H49FO4/c1-3-5-7-8-9-12-26-14-16-27(17-15-26)13-11-25-38-29-20-18-28(19-21-29)32-30(34(36)37)22-23-31(33(32)35)39-24-10-6-4-2/h18-23,26-27H,3-17,24-25H2,1-2H3,(H,36,37). The van der Waals surface area contributed by atoms with Crippen LogP contribution in [-0.2, 0) is 0 Å². The van der Waals surface area contributed by atoms with E-state index in [-0.39, 0.29) is 16.9 Å². The predicted molar refractivity (Wildman–Crippen MR) is 157 cm³/mol. The molecule has 0 bridgehead atoms. The SMILES string of the molecule is CCCCCCCC1CCC(CCCOc2ccc(-c3c(C(=O)O)ccc(OCCCCC)c3F)cc2)CC1. The first-order valence-corrected chi connectivity index (χ1v) is 15.4. The maximum absolute atomic E-state index is 15.3. The van der Waals surface area contributed by atoms with Crippen molar-refractivity contribution in [2.45, 2.75) is 110 Å². The number of carboxylic acid groups (broad SMARTS) is 1. The molecule has 5 heteroatoms. The largest absolute Gasteiger partial charge is 0.494 e. The quantitative estimate of drug-likeness (QED) is 0.191. The number of halogens is 1. The molecule has 1 aliphatic carbocycles. The van der Waals surface area contributed by atoms with E-state index in [4.69, 9.17) is 9.47 Å². The monoisotopic (exact) mass is 540 g/mol. The zero-order valence-electron chi connectivity index (χ0n) is 24.2. The van der Waals surface area contributed by atoms with Gasteiger partial charge < -0.3 is 14.6 Å². The van der Waals surface area contributed by atoms with Crippen molar-refractivity contribution in [2.24, 2.45) is 11.8 Å². The van der Waals surface area contributed by atoms with Gasteiger partial charge in [0.2, 0.25) is 0 Å². The van der Waals surface area contributed by atoms with Crippen molar-refractivity contribution in [1.82, 2.24) is 0 Å². The minimum Gasteiger partial charge on any atom is -0.494 e. The molecule has 0 atom stereocenters. The van der Waals surface area contributed by atoms with Crippen LogP contribution >= 0.6 is 0 Å². The minimum absolute atomic E-state index is 0.0543. The minimum atomic E-state index is -1.16. The molecule has 0 heterocycles. The molecule has 4 nitrogen and oxygen atoms in total. The number of aromatic carboxylic acids is 1. The molecule has 2 aromatic rings. The first-order valence-electron chi connectivity index (χ1n) is 15.4. The summed E-state index contributed by atoms with van der Waals surface area (Å²) in [5.41, 5.74) is 0.477. The lowest BCUT2D eigenvalue weighted by Crippen LogP contribution is -2.15. The summed E-state index contributed by atoms with van der Waals surface area (Å²) in [6.07, 6.45) is 18.9. The molecule has 1 saturated carbocycles. The van der Waals surface area contributed by atoms with Gasteiger partial charge in [0.1, 0.15) is 5.75 Å². The summed E-state index contributed by atoms with van der Waals surface area (Å²) in [7, 11) is 0. The van der Waals surface area contributed by atoms with E-state index in [1.165, 1.54) is 82.8 Å². The Morgan fingerprint density at radius 2 is 1.36 bits per heavy atom. The molecule has 0 aliphatic heterocycles.